The van der Waals surface area contributed by atoms with Gasteiger partial charge in [-0.15, -0.1) is 0 Å². The molecule has 2 aromatic carbocycles. The van der Waals surface area contributed by atoms with Crippen LogP contribution in [0, 0.1) is 10.8 Å². The maximum atomic E-state index is 12.7. The molecular formula is C22H24N4O2. The fourth-order valence-electron chi connectivity index (χ4n) is 3.08. The van der Waals surface area contributed by atoms with E-state index in [0.717, 1.165) is 5.56 Å². The molecule has 0 aliphatic heterocycles. The number of ketones is 1. The Hall–Kier alpha value is -3.28. The molecule has 3 aromatic rings. The van der Waals surface area contributed by atoms with Gasteiger partial charge in [0.25, 0.3) is 5.56 Å². The third-order valence-electron chi connectivity index (χ3n) is 4.72. The number of fused-ring (bicyclic) bond motifs is 1. The standard InChI is InChI=1S/C22H24N4O2/c1-22(2,3)19(27)15-9-10-18-16(12-15)25-17(21(28)26(18)4)11-13-5-7-14(8-6-13)20(23)24/h5-10,12H,11H2,1-4H3,(H3,23,24). The van der Waals surface area contributed by atoms with Gasteiger partial charge in [-0.3, -0.25) is 15.0 Å². The summed E-state index contributed by atoms with van der Waals surface area (Å²) in [7, 11) is 1.71. The second kappa shape index (κ2) is 7.03. The van der Waals surface area contributed by atoms with Gasteiger partial charge in [-0.05, 0) is 23.8 Å². The van der Waals surface area contributed by atoms with Crippen molar-refractivity contribution in [1.82, 2.24) is 9.55 Å². The Labute approximate surface area is 163 Å². The molecule has 0 aliphatic rings. The van der Waals surface area contributed by atoms with Crippen LogP contribution in [0.3, 0.4) is 0 Å². The Morgan fingerprint density at radius 3 is 2.29 bits per heavy atom. The van der Waals surface area contributed by atoms with Crippen molar-refractivity contribution in [3.8, 4) is 0 Å². The van der Waals surface area contributed by atoms with Crippen LogP contribution in [0.5, 0.6) is 0 Å². The van der Waals surface area contributed by atoms with E-state index in [0.29, 0.717) is 34.3 Å². The van der Waals surface area contributed by atoms with E-state index in [4.69, 9.17) is 11.1 Å². The van der Waals surface area contributed by atoms with Gasteiger partial charge in [-0.2, -0.15) is 0 Å². The zero-order valence-electron chi connectivity index (χ0n) is 16.5. The summed E-state index contributed by atoms with van der Waals surface area (Å²) in [6.07, 6.45) is 0.359. The summed E-state index contributed by atoms with van der Waals surface area (Å²) < 4.78 is 1.56. The van der Waals surface area contributed by atoms with Crippen molar-refractivity contribution in [2.24, 2.45) is 18.2 Å². The molecule has 0 atom stereocenters. The van der Waals surface area contributed by atoms with E-state index in [-0.39, 0.29) is 17.2 Å². The van der Waals surface area contributed by atoms with E-state index in [1.54, 1.807) is 41.9 Å². The van der Waals surface area contributed by atoms with E-state index < -0.39 is 5.41 Å². The molecule has 28 heavy (non-hydrogen) atoms. The van der Waals surface area contributed by atoms with E-state index in [2.05, 4.69) is 4.98 Å². The summed E-state index contributed by atoms with van der Waals surface area (Å²) >= 11 is 0. The van der Waals surface area contributed by atoms with Crippen molar-refractivity contribution >= 4 is 22.7 Å². The van der Waals surface area contributed by atoms with Gasteiger partial charge in [0.15, 0.2) is 5.78 Å². The number of benzene rings is 2. The summed E-state index contributed by atoms with van der Waals surface area (Å²) in [5.74, 6) is 0.0359. The normalized spacial score (nSPS) is 11.6. The Morgan fingerprint density at radius 1 is 1.11 bits per heavy atom. The number of amidine groups is 1. The predicted molar refractivity (Wildman–Crippen MR) is 111 cm³/mol. The number of Topliss-reactive ketones (excluding diaryl/α,β-unsaturated/α-hetero) is 1. The van der Waals surface area contributed by atoms with Crippen LogP contribution in [-0.2, 0) is 13.5 Å². The Balaban J connectivity index is 2.05. The molecule has 0 amide bonds. The summed E-state index contributed by atoms with van der Waals surface area (Å²) in [4.78, 5) is 29.9. The van der Waals surface area contributed by atoms with E-state index in [1.807, 2.05) is 32.9 Å². The smallest absolute Gasteiger partial charge is 0.272 e. The number of carbonyl (C=O) groups excluding carboxylic acids is 1. The van der Waals surface area contributed by atoms with Crippen LogP contribution in [0.25, 0.3) is 11.0 Å². The average molecular weight is 376 g/mol. The minimum Gasteiger partial charge on any atom is -0.384 e. The number of hydrogen-bond acceptors (Lipinski definition) is 4. The highest BCUT2D eigenvalue weighted by Crippen LogP contribution is 2.23. The molecule has 144 valence electrons. The SMILES string of the molecule is Cn1c(=O)c(Cc2ccc(C(=N)N)cc2)nc2cc(C(=O)C(C)(C)C)ccc21. The lowest BCUT2D eigenvalue weighted by atomic mass is 9.86. The summed E-state index contributed by atoms with van der Waals surface area (Å²) in [6.45, 7) is 5.64. The van der Waals surface area contributed by atoms with Crippen LogP contribution in [0.15, 0.2) is 47.3 Å². The first kappa shape index (κ1) is 19.5. The number of nitrogens with two attached hydrogens (primary N) is 1. The summed E-state index contributed by atoms with van der Waals surface area (Å²) in [6, 6.07) is 12.5. The fraction of sp³-hybridized carbons (Fsp3) is 0.273. The highest BCUT2D eigenvalue weighted by Gasteiger charge is 2.23. The fourth-order valence-corrected chi connectivity index (χ4v) is 3.08. The molecule has 1 aromatic heterocycles. The number of carbonyl (C=O) groups is 1. The van der Waals surface area contributed by atoms with Crippen LogP contribution in [-0.4, -0.2) is 21.2 Å². The van der Waals surface area contributed by atoms with Gasteiger partial charge in [0.1, 0.15) is 11.5 Å². The number of aryl methyl sites for hydroxylation is 1. The van der Waals surface area contributed by atoms with Crippen molar-refractivity contribution in [2.45, 2.75) is 27.2 Å². The molecular weight excluding hydrogens is 352 g/mol. The van der Waals surface area contributed by atoms with Crippen molar-refractivity contribution in [2.75, 3.05) is 0 Å². The summed E-state index contributed by atoms with van der Waals surface area (Å²) in [5.41, 5.74) is 8.65. The molecule has 0 saturated carbocycles. The molecule has 0 aliphatic carbocycles. The minimum atomic E-state index is -0.490. The van der Waals surface area contributed by atoms with E-state index in [1.165, 1.54) is 0 Å². The van der Waals surface area contributed by atoms with Crippen LogP contribution < -0.4 is 11.3 Å². The lowest BCUT2D eigenvalue weighted by Crippen LogP contribution is -2.24. The number of rotatable bonds is 4. The molecule has 6 heteroatoms. The molecule has 0 radical (unpaired) electrons. The maximum absolute atomic E-state index is 12.7. The van der Waals surface area contributed by atoms with Crippen molar-refractivity contribution in [1.29, 1.82) is 5.41 Å². The molecule has 0 saturated heterocycles. The Kier molecular flexibility index (Phi) is 4.89. The molecule has 1 heterocycles. The van der Waals surface area contributed by atoms with Gasteiger partial charge in [0.05, 0.1) is 11.0 Å². The third-order valence-corrected chi connectivity index (χ3v) is 4.72. The molecule has 0 spiro atoms. The predicted octanol–water partition coefficient (Wildman–Crippen LogP) is 3.04. The lowest BCUT2D eigenvalue weighted by molar-refractivity contribution is 0.0858. The van der Waals surface area contributed by atoms with Crippen LogP contribution in [0.4, 0.5) is 0 Å². The van der Waals surface area contributed by atoms with Crippen molar-refractivity contribution < 1.29 is 4.79 Å². The number of aromatic nitrogens is 2. The third kappa shape index (κ3) is 3.71. The van der Waals surface area contributed by atoms with Crippen LogP contribution >= 0.6 is 0 Å². The van der Waals surface area contributed by atoms with Gasteiger partial charge < -0.3 is 10.3 Å². The van der Waals surface area contributed by atoms with Crippen molar-refractivity contribution in [3.05, 3.63) is 75.2 Å². The molecule has 6 nitrogen and oxygen atoms in total. The Bertz CT molecular complexity index is 1140. The highest BCUT2D eigenvalue weighted by molar-refractivity contribution is 6.02. The first-order valence-electron chi connectivity index (χ1n) is 9.06. The Morgan fingerprint density at radius 2 is 1.71 bits per heavy atom. The van der Waals surface area contributed by atoms with Gasteiger partial charge in [-0.1, -0.05) is 45.0 Å². The molecule has 0 fully saturated rings. The zero-order valence-corrected chi connectivity index (χ0v) is 16.5. The maximum Gasteiger partial charge on any atom is 0.272 e. The lowest BCUT2D eigenvalue weighted by Gasteiger charge is -2.17. The minimum absolute atomic E-state index is 0.00217. The number of nitrogens with zero attached hydrogens (tertiary/aromatic N) is 2. The molecule has 3 rings (SSSR count). The van der Waals surface area contributed by atoms with E-state index >= 15 is 0 Å². The molecule has 3 N–H and O–H groups in total. The van der Waals surface area contributed by atoms with Gasteiger partial charge in [0.2, 0.25) is 0 Å². The van der Waals surface area contributed by atoms with E-state index in [9.17, 15) is 9.59 Å². The first-order valence-corrected chi connectivity index (χ1v) is 9.06. The van der Waals surface area contributed by atoms with Crippen LogP contribution in [0.1, 0.15) is 48.0 Å². The quantitative estimate of drug-likeness (QED) is 0.415. The number of hydrogen-bond donors (Lipinski definition) is 2. The first-order chi connectivity index (χ1) is 13.1. The molecule has 0 bridgehead atoms. The number of nitrogens with one attached hydrogen (secondary N) is 1. The van der Waals surface area contributed by atoms with Crippen LogP contribution in [0.2, 0.25) is 0 Å². The topological polar surface area (TPSA) is 102 Å². The highest BCUT2D eigenvalue weighted by atomic mass is 16.1. The summed E-state index contributed by atoms with van der Waals surface area (Å²) in [5, 5.41) is 7.46. The van der Waals surface area contributed by atoms with Gasteiger partial charge >= 0.3 is 0 Å². The van der Waals surface area contributed by atoms with Gasteiger partial charge in [0, 0.05) is 30.0 Å². The van der Waals surface area contributed by atoms with Gasteiger partial charge in [-0.25, -0.2) is 4.98 Å². The average Bonchev–Trinajstić information content (AvgIpc) is 2.64. The van der Waals surface area contributed by atoms with Crippen molar-refractivity contribution in [3.63, 3.8) is 0 Å². The second-order valence-electron chi connectivity index (χ2n) is 7.99. The zero-order chi connectivity index (χ0) is 20.6. The molecule has 0 unspecified atom stereocenters. The second-order valence-corrected chi connectivity index (χ2v) is 7.99. The monoisotopic (exact) mass is 376 g/mol. The number of nitrogen functional groups attached to an aromatic ring is 1. The largest absolute Gasteiger partial charge is 0.384 e.